The Labute approximate surface area is 110 Å². The van der Waals surface area contributed by atoms with Gasteiger partial charge < -0.3 is 9.47 Å². The highest BCUT2D eigenvalue weighted by molar-refractivity contribution is 5.96. The lowest BCUT2D eigenvalue weighted by molar-refractivity contribution is 0.305. The zero-order chi connectivity index (χ0) is 13.8. The van der Waals surface area contributed by atoms with Gasteiger partial charge in [0.15, 0.2) is 0 Å². The average molecular weight is 252 g/mol. The van der Waals surface area contributed by atoms with Crippen LogP contribution in [0.25, 0.3) is 0 Å². The van der Waals surface area contributed by atoms with Crippen molar-refractivity contribution in [2.45, 2.75) is 45.2 Å². The van der Waals surface area contributed by atoms with E-state index in [0.29, 0.717) is 17.7 Å². The first-order valence-corrected chi connectivity index (χ1v) is 6.35. The molecule has 4 heteroatoms. The predicted molar refractivity (Wildman–Crippen MR) is 75.4 cm³/mol. The molecule has 0 amide bonds. The molecule has 0 N–H and O–H groups in total. The van der Waals surface area contributed by atoms with Crippen molar-refractivity contribution < 1.29 is 9.47 Å². The maximum atomic E-state index is 5.43. The van der Waals surface area contributed by atoms with E-state index in [4.69, 9.17) is 14.5 Å². The minimum atomic E-state index is -0.445. The smallest absolute Gasteiger partial charge is 0.212 e. The minimum absolute atomic E-state index is 0.0539. The summed E-state index contributed by atoms with van der Waals surface area (Å²) < 4.78 is 10.8. The van der Waals surface area contributed by atoms with Crippen LogP contribution in [0.2, 0.25) is 0 Å². The van der Waals surface area contributed by atoms with Gasteiger partial charge in [-0.2, -0.15) is 0 Å². The molecule has 0 unspecified atom stereocenters. The fraction of sp³-hybridized carbons (Fsp3) is 0.714. The fourth-order valence-corrected chi connectivity index (χ4v) is 2.10. The average Bonchev–Trinajstić information content (AvgIpc) is 2.35. The molecular weight excluding hydrogens is 228 g/mol. The van der Waals surface area contributed by atoms with Crippen LogP contribution in [0.3, 0.4) is 0 Å². The Bertz CT molecular complexity index is 361. The Morgan fingerprint density at radius 1 is 1.39 bits per heavy atom. The maximum absolute atomic E-state index is 5.43. The van der Waals surface area contributed by atoms with Crippen molar-refractivity contribution in [1.29, 1.82) is 0 Å². The van der Waals surface area contributed by atoms with Crippen LogP contribution >= 0.6 is 0 Å². The zero-order valence-corrected chi connectivity index (χ0v) is 12.1. The molecule has 0 bridgehead atoms. The van der Waals surface area contributed by atoms with Crippen molar-refractivity contribution in [3.63, 3.8) is 0 Å². The molecule has 1 aliphatic heterocycles. The quantitative estimate of drug-likeness (QED) is 0.722. The number of aliphatic imine (C=N–C) groups is 2. The van der Waals surface area contributed by atoms with Gasteiger partial charge >= 0.3 is 0 Å². The van der Waals surface area contributed by atoms with Crippen LogP contribution in [0.1, 0.15) is 33.6 Å². The fourth-order valence-electron chi connectivity index (χ4n) is 2.10. The standard InChI is InChI=1S/C14H24N2O2/c1-7-8-9-14(4)13(18-6)15-11(10(2)3)12(16-14)17-5/h7,10-11H,1,8-9H2,2-6H3/t11-,14+/m1/s1. The van der Waals surface area contributed by atoms with Crippen molar-refractivity contribution in [2.75, 3.05) is 14.2 Å². The summed E-state index contributed by atoms with van der Waals surface area (Å²) >= 11 is 0. The van der Waals surface area contributed by atoms with Crippen molar-refractivity contribution in [2.24, 2.45) is 15.9 Å². The van der Waals surface area contributed by atoms with Crippen LogP contribution in [0, 0.1) is 5.92 Å². The van der Waals surface area contributed by atoms with Gasteiger partial charge in [-0.3, -0.25) is 0 Å². The molecule has 0 aromatic rings. The molecule has 0 aliphatic carbocycles. The molecule has 0 aromatic carbocycles. The number of methoxy groups -OCH3 is 2. The van der Waals surface area contributed by atoms with Gasteiger partial charge in [0.2, 0.25) is 11.8 Å². The van der Waals surface area contributed by atoms with Crippen LogP contribution in [0.15, 0.2) is 22.6 Å². The second-order valence-corrected chi connectivity index (χ2v) is 5.08. The predicted octanol–water partition coefficient (Wildman–Crippen LogP) is 2.84. The molecule has 0 fully saturated rings. The molecule has 0 saturated heterocycles. The maximum Gasteiger partial charge on any atom is 0.212 e. The van der Waals surface area contributed by atoms with Gasteiger partial charge in [-0.1, -0.05) is 19.9 Å². The summed E-state index contributed by atoms with van der Waals surface area (Å²) in [4.78, 5) is 9.38. The van der Waals surface area contributed by atoms with E-state index in [2.05, 4.69) is 25.4 Å². The number of nitrogens with zero attached hydrogens (tertiary/aromatic N) is 2. The summed E-state index contributed by atoms with van der Waals surface area (Å²) in [5, 5.41) is 0. The Balaban J connectivity index is 3.08. The first-order valence-electron chi connectivity index (χ1n) is 6.35. The molecular formula is C14H24N2O2. The lowest BCUT2D eigenvalue weighted by Gasteiger charge is -2.33. The monoisotopic (exact) mass is 252 g/mol. The molecule has 0 aromatic heterocycles. The molecule has 2 atom stereocenters. The molecule has 18 heavy (non-hydrogen) atoms. The van der Waals surface area contributed by atoms with Crippen LogP contribution in [0.5, 0.6) is 0 Å². The third-order valence-corrected chi connectivity index (χ3v) is 3.20. The van der Waals surface area contributed by atoms with E-state index < -0.39 is 5.54 Å². The molecule has 0 saturated carbocycles. The summed E-state index contributed by atoms with van der Waals surface area (Å²) in [6, 6.07) is -0.0539. The molecule has 102 valence electrons. The van der Waals surface area contributed by atoms with Crippen molar-refractivity contribution in [3.05, 3.63) is 12.7 Å². The summed E-state index contributed by atoms with van der Waals surface area (Å²) in [5.41, 5.74) is -0.445. The Hall–Kier alpha value is -1.32. The summed E-state index contributed by atoms with van der Waals surface area (Å²) in [6.07, 6.45) is 3.57. The summed E-state index contributed by atoms with van der Waals surface area (Å²) in [6.45, 7) is 9.97. The molecule has 1 aliphatic rings. The second-order valence-electron chi connectivity index (χ2n) is 5.08. The first-order chi connectivity index (χ1) is 8.48. The number of hydrogen-bond acceptors (Lipinski definition) is 4. The normalized spacial score (nSPS) is 27.6. The Kier molecular flexibility index (Phi) is 4.93. The van der Waals surface area contributed by atoms with Gasteiger partial charge in [0, 0.05) is 0 Å². The molecule has 1 rings (SSSR count). The molecule has 4 nitrogen and oxygen atoms in total. The Morgan fingerprint density at radius 2 is 2.06 bits per heavy atom. The van der Waals surface area contributed by atoms with Crippen LogP contribution in [0.4, 0.5) is 0 Å². The summed E-state index contributed by atoms with van der Waals surface area (Å²) in [7, 11) is 3.30. The van der Waals surface area contributed by atoms with E-state index in [1.807, 2.05) is 13.0 Å². The largest absolute Gasteiger partial charge is 0.483 e. The minimum Gasteiger partial charge on any atom is -0.483 e. The second kappa shape index (κ2) is 6.03. The number of hydrogen-bond donors (Lipinski definition) is 0. The SMILES string of the molecule is C=CCC[C@]1(C)N=C(OC)[C@@H](C(C)C)N=C1OC. The van der Waals surface area contributed by atoms with Gasteiger partial charge in [-0.25, -0.2) is 9.98 Å². The lowest BCUT2D eigenvalue weighted by Crippen LogP contribution is -2.44. The third kappa shape index (κ3) is 2.92. The topological polar surface area (TPSA) is 43.2 Å². The molecule has 0 radical (unpaired) electrons. The molecule has 0 spiro atoms. The third-order valence-electron chi connectivity index (χ3n) is 3.20. The van der Waals surface area contributed by atoms with Crippen molar-refractivity contribution >= 4 is 11.8 Å². The van der Waals surface area contributed by atoms with Gasteiger partial charge in [0.1, 0.15) is 11.6 Å². The van der Waals surface area contributed by atoms with Crippen LogP contribution < -0.4 is 0 Å². The number of rotatable bonds is 4. The Morgan fingerprint density at radius 3 is 2.50 bits per heavy atom. The van der Waals surface area contributed by atoms with Gasteiger partial charge in [-0.15, -0.1) is 6.58 Å². The zero-order valence-electron chi connectivity index (χ0n) is 12.1. The van der Waals surface area contributed by atoms with E-state index in [1.165, 1.54) is 0 Å². The van der Waals surface area contributed by atoms with Gasteiger partial charge in [0.25, 0.3) is 0 Å². The highest BCUT2D eigenvalue weighted by Gasteiger charge is 2.39. The number of allylic oxidation sites excluding steroid dienone is 1. The molecule has 1 heterocycles. The lowest BCUT2D eigenvalue weighted by atomic mass is 9.92. The highest BCUT2D eigenvalue weighted by Crippen LogP contribution is 2.28. The van der Waals surface area contributed by atoms with Crippen molar-refractivity contribution in [3.8, 4) is 0 Å². The van der Waals surface area contributed by atoms with Crippen molar-refractivity contribution in [1.82, 2.24) is 0 Å². The highest BCUT2D eigenvalue weighted by atomic mass is 16.5. The van der Waals surface area contributed by atoms with Gasteiger partial charge in [-0.05, 0) is 25.7 Å². The van der Waals surface area contributed by atoms with E-state index >= 15 is 0 Å². The van der Waals surface area contributed by atoms with E-state index in [9.17, 15) is 0 Å². The van der Waals surface area contributed by atoms with E-state index in [0.717, 1.165) is 12.8 Å². The van der Waals surface area contributed by atoms with E-state index in [-0.39, 0.29) is 6.04 Å². The van der Waals surface area contributed by atoms with Crippen LogP contribution in [-0.2, 0) is 9.47 Å². The van der Waals surface area contributed by atoms with Crippen LogP contribution in [-0.4, -0.2) is 37.6 Å². The van der Waals surface area contributed by atoms with Gasteiger partial charge in [0.05, 0.1) is 14.2 Å². The van der Waals surface area contributed by atoms with E-state index in [1.54, 1.807) is 14.2 Å². The number of ether oxygens (including phenoxy) is 2. The summed E-state index contributed by atoms with van der Waals surface area (Å²) in [5.74, 6) is 1.71. The first kappa shape index (κ1) is 14.7.